The van der Waals surface area contributed by atoms with Crippen molar-refractivity contribution < 1.29 is 9.26 Å². The number of fused-ring (bicyclic) bond motifs is 1. The van der Waals surface area contributed by atoms with E-state index in [1.165, 1.54) is 12.5 Å². The molecule has 0 radical (unpaired) electrons. The fourth-order valence-corrected chi connectivity index (χ4v) is 1.18. The molecule has 2 heterocycles. The number of rotatable bonds is 0. The zero-order valence-electron chi connectivity index (χ0n) is 8.48. The van der Waals surface area contributed by atoms with E-state index in [4.69, 9.17) is 4.74 Å². The van der Waals surface area contributed by atoms with Crippen molar-refractivity contribution in [3.8, 4) is 5.75 Å². The largest absolute Gasteiger partial charge is 0.464 e. The number of para-hydroxylation sites is 1. The van der Waals surface area contributed by atoms with E-state index in [9.17, 15) is 0 Å². The molecule has 2 aromatic rings. The summed E-state index contributed by atoms with van der Waals surface area (Å²) in [6.45, 7) is 0. The first kappa shape index (κ1) is 10.2. The van der Waals surface area contributed by atoms with Crippen LogP contribution in [0, 0.1) is 0 Å². The van der Waals surface area contributed by atoms with Crippen molar-refractivity contribution in [2.75, 3.05) is 0 Å². The molecule has 1 aliphatic heterocycles. The molecule has 0 fully saturated rings. The number of ether oxygens (including phenoxy) is 1. The van der Waals surface area contributed by atoms with E-state index in [0.717, 1.165) is 11.3 Å². The lowest BCUT2D eigenvalue weighted by atomic mass is 10.2. The van der Waals surface area contributed by atoms with E-state index in [1.807, 2.05) is 42.5 Å². The predicted molar refractivity (Wildman–Crippen MR) is 59.5 cm³/mol. The lowest BCUT2D eigenvalue weighted by Gasteiger charge is -2.00. The first-order valence-corrected chi connectivity index (χ1v) is 4.77. The lowest BCUT2D eigenvalue weighted by molar-refractivity contribution is 0.393. The summed E-state index contributed by atoms with van der Waals surface area (Å²) in [4.78, 5) is 0. The molecular formula is C12H10N2O2. The van der Waals surface area contributed by atoms with Gasteiger partial charge in [-0.3, -0.25) is 0 Å². The predicted octanol–water partition coefficient (Wildman–Crippen LogP) is 2.68. The Balaban J connectivity index is 0.000000162. The molecule has 1 aromatic carbocycles. The Hall–Kier alpha value is -2.36. The third kappa shape index (κ3) is 2.81. The fourth-order valence-electron chi connectivity index (χ4n) is 1.18. The molecule has 4 heteroatoms. The van der Waals surface area contributed by atoms with Crippen LogP contribution in [0.25, 0.3) is 6.08 Å². The van der Waals surface area contributed by atoms with Gasteiger partial charge in [0.15, 0.2) is 0 Å². The Bertz CT molecular complexity index is 458. The van der Waals surface area contributed by atoms with Crippen LogP contribution >= 0.6 is 0 Å². The molecule has 0 saturated carbocycles. The van der Waals surface area contributed by atoms with Gasteiger partial charge in [-0.2, -0.15) is 0 Å². The summed E-state index contributed by atoms with van der Waals surface area (Å²) in [6.07, 6.45) is 10.4. The maximum Gasteiger partial charge on any atom is 0.144 e. The second kappa shape index (κ2) is 5.50. The van der Waals surface area contributed by atoms with Gasteiger partial charge in [-0.25, -0.2) is 0 Å². The molecule has 16 heavy (non-hydrogen) atoms. The van der Waals surface area contributed by atoms with Crippen molar-refractivity contribution in [3.05, 3.63) is 60.7 Å². The van der Waals surface area contributed by atoms with Crippen LogP contribution in [-0.2, 0) is 0 Å². The van der Waals surface area contributed by atoms with Crippen LogP contribution in [0.1, 0.15) is 5.56 Å². The Labute approximate surface area is 92.8 Å². The van der Waals surface area contributed by atoms with E-state index in [2.05, 4.69) is 14.9 Å². The van der Waals surface area contributed by atoms with Gasteiger partial charge in [-0.05, 0) is 12.1 Å². The highest BCUT2D eigenvalue weighted by atomic mass is 16.5. The van der Waals surface area contributed by atoms with Gasteiger partial charge in [0.05, 0.1) is 12.5 Å². The number of aromatic nitrogens is 2. The molecule has 0 unspecified atom stereocenters. The molecule has 4 nitrogen and oxygen atoms in total. The summed E-state index contributed by atoms with van der Waals surface area (Å²) in [5, 5.41) is 6.40. The summed E-state index contributed by atoms with van der Waals surface area (Å²) in [5.74, 6) is 0.914. The van der Waals surface area contributed by atoms with Crippen LogP contribution in [0.4, 0.5) is 0 Å². The van der Waals surface area contributed by atoms with Crippen molar-refractivity contribution >= 4 is 6.08 Å². The van der Waals surface area contributed by atoms with Crippen LogP contribution in [0.3, 0.4) is 0 Å². The smallest absolute Gasteiger partial charge is 0.144 e. The molecule has 0 spiro atoms. The van der Waals surface area contributed by atoms with Crippen LogP contribution in [-0.4, -0.2) is 10.4 Å². The van der Waals surface area contributed by atoms with Gasteiger partial charge < -0.3 is 9.26 Å². The van der Waals surface area contributed by atoms with E-state index in [-0.39, 0.29) is 0 Å². The molecule has 0 N–H and O–H groups in total. The number of benzene rings is 1. The van der Waals surface area contributed by atoms with Gasteiger partial charge in [-0.1, -0.05) is 30.4 Å². The van der Waals surface area contributed by atoms with Crippen molar-refractivity contribution in [1.82, 2.24) is 10.4 Å². The first-order chi connectivity index (χ1) is 7.97. The maximum atomic E-state index is 5.31. The minimum absolute atomic E-state index is 0.914. The van der Waals surface area contributed by atoms with Crippen molar-refractivity contribution in [3.63, 3.8) is 0 Å². The third-order valence-corrected chi connectivity index (χ3v) is 1.86. The normalized spacial score (nSPS) is 11.8. The average Bonchev–Trinajstić information content (AvgIpc) is 2.81. The number of hydrogen-bond acceptors (Lipinski definition) is 4. The second-order valence-electron chi connectivity index (χ2n) is 2.93. The van der Waals surface area contributed by atoms with E-state index >= 15 is 0 Å². The highest BCUT2D eigenvalue weighted by Crippen LogP contribution is 2.21. The van der Waals surface area contributed by atoms with E-state index in [1.54, 1.807) is 6.26 Å². The molecule has 1 aliphatic rings. The topological polar surface area (TPSA) is 48.2 Å². The quantitative estimate of drug-likeness (QED) is 0.676. The summed E-state index contributed by atoms with van der Waals surface area (Å²) < 4.78 is 9.53. The van der Waals surface area contributed by atoms with Crippen LogP contribution in [0.2, 0.25) is 0 Å². The fraction of sp³-hybridized carbons (Fsp3) is 0. The zero-order valence-corrected chi connectivity index (χ0v) is 8.48. The standard InChI is InChI=1S/C10H8O.C2H2N2O/c1-2-7-10-9(5-1)6-3-4-8-11-10;1-2-5-4-3-1/h1-8H;1-2H. The summed E-state index contributed by atoms with van der Waals surface area (Å²) in [5.41, 5.74) is 1.12. The van der Waals surface area contributed by atoms with Gasteiger partial charge in [0, 0.05) is 10.8 Å². The van der Waals surface area contributed by atoms with Gasteiger partial charge in [0.2, 0.25) is 0 Å². The molecular weight excluding hydrogens is 204 g/mol. The summed E-state index contributed by atoms with van der Waals surface area (Å²) >= 11 is 0. The van der Waals surface area contributed by atoms with Crippen molar-refractivity contribution in [2.45, 2.75) is 0 Å². The molecule has 0 atom stereocenters. The highest BCUT2D eigenvalue weighted by molar-refractivity contribution is 5.59. The highest BCUT2D eigenvalue weighted by Gasteiger charge is 1.97. The van der Waals surface area contributed by atoms with Crippen molar-refractivity contribution in [2.24, 2.45) is 0 Å². The Morgan fingerprint density at radius 2 is 2.00 bits per heavy atom. The van der Waals surface area contributed by atoms with Gasteiger partial charge in [0.1, 0.15) is 12.0 Å². The summed E-state index contributed by atoms with van der Waals surface area (Å²) in [7, 11) is 0. The number of nitrogens with zero attached hydrogens (tertiary/aromatic N) is 2. The molecule has 80 valence electrons. The van der Waals surface area contributed by atoms with Gasteiger partial charge >= 0.3 is 0 Å². The summed E-state index contributed by atoms with van der Waals surface area (Å²) in [6, 6.07) is 7.94. The Morgan fingerprint density at radius 3 is 2.75 bits per heavy atom. The minimum Gasteiger partial charge on any atom is -0.464 e. The zero-order chi connectivity index (χ0) is 11.1. The lowest BCUT2D eigenvalue weighted by Crippen LogP contribution is -1.82. The van der Waals surface area contributed by atoms with Gasteiger partial charge in [-0.15, -0.1) is 5.10 Å². The second-order valence-corrected chi connectivity index (χ2v) is 2.93. The number of allylic oxidation sites excluding steroid dienone is 2. The van der Waals surface area contributed by atoms with Gasteiger partial charge in [0.25, 0.3) is 0 Å². The average molecular weight is 214 g/mol. The maximum absolute atomic E-state index is 5.31. The molecule has 3 rings (SSSR count). The Morgan fingerprint density at radius 1 is 1.06 bits per heavy atom. The number of hydrogen-bond donors (Lipinski definition) is 0. The monoisotopic (exact) mass is 214 g/mol. The molecule has 0 aliphatic carbocycles. The first-order valence-electron chi connectivity index (χ1n) is 4.77. The molecule has 0 bridgehead atoms. The van der Waals surface area contributed by atoms with Crippen molar-refractivity contribution in [1.29, 1.82) is 0 Å². The molecule has 0 amide bonds. The third-order valence-electron chi connectivity index (χ3n) is 1.86. The minimum atomic E-state index is 0.914. The molecule has 0 saturated heterocycles. The Kier molecular flexibility index (Phi) is 3.50. The van der Waals surface area contributed by atoms with E-state index in [0.29, 0.717) is 0 Å². The van der Waals surface area contributed by atoms with E-state index < -0.39 is 0 Å². The van der Waals surface area contributed by atoms with Crippen LogP contribution in [0.5, 0.6) is 5.75 Å². The van der Waals surface area contributed by atoms with Crippen LogP contribution in [0.15, 0.2) is 59.7 Å². The SMILES string of the molecule is C1=COc2ccccc2C=C1.c1conn1. The molecule has 1 aromatic heterocycles. The van der Waals surface area contributed by atoms with Crippen LogP contribution < -0.4 is 4.74 Å².